The van der Waals surface area contributed by atoms with Crippen LogP contribution in [0.25, 0.3) is 0 Å². The van der Waals surface area contributed by atoms with Gasteiger partial charge in [-0.15, -0.1) is 0 Å². The lowest BCUT2D eigenvalue weighted by Gasteiger charge is -2.28. The lowest BCUT2D eigenvalue weighted by atomic mass is 10.0. The first kappa shape index (κ1) is 16.7. The second-order valence-electron chi connectivity index (χ2n) is 6.55. The van der Waals surface area contributed by atoms with Crippen LogP contribution >= 0.6 is 0 Å². The lowest BCUT2D eigenvalue weighted by molar-refractivity contribution is -0.120. The van der Waals surface area contributed by atoms with Crippen LogP contribution in [-0.2, 0) is 17.6 Å². The van der Waals surface area contributed by atoms with Crippen LogP contribution in [0.2, 0.25) is 0 Å². The zero-order valence-corrected chi connectivity index (χ0v) is 14.2. The van der Waals surface area contributed by atoms with Crippen LogP contribution in [-0.4, -0.2) is 36.5 Å². The fraction of sp³-hybridized carbons (Fsp3) is 0.381. The van der Waals surface area contributed by atoms with Crippen molar-refractivity contribution in [1.29, 1.82) is 0 Å². The quantitative estimate of drug-likeness (QED) is 0.850. The predicted octanol–water partition coefficient (Wildman–Crippen LogP) is 3.05. The van der Waals surface area contributed by atoms with Crippen molar-refractivity contribution in [2.75, 3.05) is 19.6 Å². The summed E-state index contributed by atoms with van der Waals surface area (Å²) in [5, 5.41) is 3.15. The summed E-state index contributed by atoms with van der Waals surface area (Å²) >= 11 is 0. The van der Waals surface area contributed by atoms with Gasteiger partial charge in [0, 0.05) is 12.6 Å². The number of hydrogen-bond acceptors (Lipinski definition) is 2. The van der Waals surface area contributed by atoms with E-state index in [2.05, 4.69) is 40.5 Å². The average molecular weight is 322 g/mol. The zero-order valence-electron chi connectivity index (χ0n) is 14.2. The molecule has 1 N–H and O–H groups in total. The van der Waals surface area contributed by atoms with Gasteiger partial charge in [0.15, 0.2) is 0 Å². The average Bonchev–Trinajstić information content (AvgIpc) is 3.15. The molecule has 1 amide bonds. The Morgan fingerprint density at radius 2 is 1.50 bits per heavy atom. The molecule has 1 fully saturated rings. The third-order valence-electron chi connectivity index (χ3n) is 4.71. The number of nitrogens with zero attached hydrogens (tertiary/aromatic N) is 1. The molecule has 0 radical (unpaired) electrons. The van der Waals surface area contributed by atoms with Crippen molar-refractivity contribution in [2.45, 2.75) is 31.7 Å². The molecular weight excluding hydrogens is 296 g/mol. The number of carbonyl (C=O) groups is 1. The van der Waals surface area contributed by atoms with Crippen LogP contribution in [0.15, 0.2) is 60.7 Å². The maximum atomic E-state index is 12.3. The number of hydrogen-bond donors (Lipinski definition) is 1. The number of carbonyl (C=O) groups excluding carboxylic acids is 1. The predicted molar refractivity (Wildman–Crippen MR) is 97.9 cm³/mol. The van der Waals surface area contributed by atoms with Crippen LogP contribution in [0.5, 0.6) is 0 Å². The molecule has 1 saturated heterocycles. The van der Waals surface area contributed by atoms with Crippen molar-refractivity contribution in [2.24, 2.45) is 0 Å². The van der Waals surface area contributed by atoms with E-state index in [1.807, 2.05) is 30.3 Å². The molecule has 0 spiro atoms. The van der Waals surface area contributed by atoms with E-state index in [1.165, 1.54) is 18.4 Å². The van der Waals surface area contributed by atoms with E-state index in [-0.39, 0.29) is 5.91 Å². The molecule has 126 valence electrons. The summed E-state index contributed by atoms with van der Waals surface area (Å²) in [6.07, 6.45) is 3.98. The standard InChI is InChI=1S/C21H26N2O/c24-21(16-19-11-5-2-6-12-19)22-17-20(23-13-7-8-14-23)15-18-9-3-1-4-10-18/h1-6,9-12,20H,7-8,13-17H2,(H,22,24). The van der Waals surface area contributed by atoms with E-state index in [4.69, 9.17) is 0 Å². The largest absolute Gasteiger partial charge is 0.354 e. The van der Waals surface area contributed by atoms with Gasteiger partial charge in [0.25, 0.3) is 0 Å². The van der Waals surface area contributed by atoms with E-state index < -0.39 is 0 Å². The van der Waals surface area contributed by atoms with E-state index in [0.717, 1.165) is 31.6 Å². The van der Waals surface area contributed by atoms with E-state index in [1.54, 1.807) is 0 Å². The zero-order chi connectivity index (χ0) is 16.6. The minimum Gasteiger partial charge on any atom is -0.354 e. The first-order valence-electron chi connectivity index (χ1n) is 8.90. The monoisotopic (exact) mass is 322 g/mol. The van der Waals surface area contributed by atoms with Crippen molar-refractivity contribution in [1.82, 2.24) is 10.2 Å². The van der Waals surface area contributed by atoms with Crippen molar-refractivity contribution in [3.63, 3.8) is 0 Å². The molecule has 1 heterocycles. The van der Waals surface area contributed by atoms with Crippen molar-refractivity contribution < 1.29 is 4.79 Å². The van der Waals surface area contributed by atoms with E-state index in [0.29, 0.717) is 12.5 Å². The van der Waals surface area contributed by atoms with Crippen LogP contribution in [0.3, 0.4) is 0 Å². The highest BCUT2D eigenvalue weighted by molar-refractivity contribution is 5.78. The molecule has 1 unspecified atom stereocenters. The Morgan fingerprint density at radius 1 is 0.917 bits per heavy atom. The van der Waals surface area contributed by atoms with Gasteiger partial charge in [0.2, 0.25) is 5.91 Å². The number of nitrogens with one attached hydrogen (secondary N) is 1. The lowest BCUT2D eigenvalue weighted by Crippen LogP contribution is -2.44. The van der Waals surface area contributed by atoms with Gasteiger partial charge in [-0.2, -0.15) is 0 Å². The molecule has 1 aliphatic heterocycles. The van der Waals surface area contributed by atoms with Crippen LogP contribution in [0.1, 0.15) is 24.0 Å². The highest BCUT2D eigenvalue weighted by Crippen LogP contribution is 2.15. The molecule has 3 nitrogen and oxygen atoms in total. The van der Waals surface area contributed by atoms with Crippen molar-refractivity contribution >= 4 is 5.91 Å². The Kier molecular flexibility index (Phi) is 6.02. The molecule has 0 bridgehead atoms. The molecule has 2 aromatic rings. The Hall–Kier alpha value is -2.13. The third-order valence-corrected chi connectivity index (χ3v) is 4.71. The number of amides is 1. The maximum Gasteiger partial charge on any atom is 0.224 e. The van der Waals surface area contributed by atoms with Gasteiger partial charge in [-0.05, 0) is 43.5 Å². The van der Waals surface area contributed by atoms with Crippen molar-refractivity contribution in [3.05, 3.63) is 71.8 Å². The highest BCUT2D eigenvalue weighted by Gasteiger charge is 2.22. The van der Waals surface area contributed by atoms with Gasteiger partial charge in [-0.25, -0.2) is 0 Å². The molecule has 1 atom stereocenters. The second kappa shape index (κ2) is 8.65. The van der Waals surface area contributed by atoms with Gasteiger partial charge in [0.1, 0.15) is 0 Å². The normalized spacial score (nSPS) is 16.0. The molecule has 0 aliphatic carbocycles. The SMILES string of the molecule is O=C(Cc1ccccc1)NCC(Cc1ccccc1)N1CCCC1. The Bertz CT molecular complexity index is 621. The smallest absolute Gasteiger partial charge is 0.224 e. The number of likely N-dealkylation sites (tertiary alicyclic amines) is 1. The number of rotatable bonds is 7. The molecular formula is C21H26N2O. The summed E-state index contributed by atoms with van der Waals surface area (Å²) in [6.45, 7) is 3.01. The van der Waals surface area contributed by atoms with Gasteiger partial charge < -0.3 is 5.32 Å². The van der Waals surface area contributed by atoms with Gasteiger partial charge >= 0.3 is 0 Å². The molecule has 1 aliphatic rings. The fourth-order valence-corrected chi connectivity index (χ4v) is 3.40. The molecule has 3 heteroatoms. The summed E-state index contributed by atoms with van der Waals surface area (Å²) in [4.78, 5) is 14.8. The topological polar surface area (TPSA) is 32.3 Å². The third kappa shape index (κ3) is 4.93. The number of benzene rings is 2. The molecule has 2 aromatic carbocycles. The first-order valence-corrected chi connectivity index (χ1v) is 8.90. The summed E-state index contributed by atoms with van der Waals surface area (Å²) < 4.78 is 0. The Balaban J connectivity index is 1.56. The van der Waals surface area contributed by atoms with Gasteiger partial charge in [-0.1, -0.05) is 60.7 Å². The molecule has 24 heavy (non-hydrogen) atoms. The van der Waals surface area contributed by atoms with Crippen LogP contribution < -0.4 is 5.32 Å². The van der Waals surface area contributed by atoms with Gasteiger partial charge in [-0.3, -0.25) is 9.69 Å². The van der Waals surface area contributed by atoms with Crippen molar-refractivity contribution in [3.8, 4) is 0 Å². The van der Waals surface area contributed by atoms with Gasteiger partial charge in [0.05, 0.1) is 6.42 Å². The van der Waals surface area contributed by atoms with Crippen LogP contribution in [0.4, 0.5) is 0 Å². The van der Waals surface area contributed by atoms with E-state index >= 15 is 0 Å². The Morgan fingerprint density at radius 3 is 2.12 bits per heavy atom. The maximum absolute atomic E-state index is 12.3. The van der Waals surface area contributed by atoms with Crippen LogP contribution in [0, 0.1) is 0 Å². The minimum absolute atomic E-state index is 0.110. The molecule has 0 aromatic heterocycles. The summed E-state index contributed by atoms with van der Waals surface area (Å²) in [5.41, 5.74) is 2.41. The first-order chi connectivity index (χ1) is 11.8. The molecule has 0 saturated carbocycles. The Labute approximate surface area is 144 Å². The second-order valence-corrected chi connectivity index (χ2v) is 6.55. The molecule has 3 rings (SSSR count). The minimum atomic E-state index is 0.110. The van der Waals surface area contributed by atoms with E-state index in [9.17, 15) is 4.79 Å². The fourth-order valence-electron chi connectivity index (χ4n) is 3.40. The highest BCUT2D eigenvalue weighted by atomic mass is 16.1. The summed E-state index contributed by atoms with van der Waals surface area (Å²) in [7, 11) is 0. The summed E-state index contributed by atoms with van der Waals surface area (Å²) in [6, 6.07) is 20.9. The summed E-state index contributed by atoms with van der Waals surface area (Å²) in [5.74, 6) is 0.110.